The number of aromatic nitrogens is 2. The minimum atomic E-state index is 0.255. The SMILES string of the molecule is COc1ccc(-c2noc(/C(Cl)=C/c3ccccc3)n2)cc1OC. The molecular formula is C18H15ClN2O3. The molecule has 2 aromatic carbocycles. The van der Waals surface area contributed by atoms with Crippen molar-refractivity contribution in [3.05, 3.63) is 60.0 Å². The molecule has 0 aliphatic carbocycles. The first-order chi connectivity index (χ1) is 11.7. The van der Waals surface area contributed by atoms with E-state index in [0.717, 1.165) is 11.1 Å². The summed E-state index contributed by atoms with van der Waals surface area (Å²) in [5.41, 5.74) is 1.69. The average Bonchev–Trinajstić information content (AvgIpc) is 3.12. The highest BCUT2D eigenvalue weighted by Crippen LogP contribution is 2.32. The third-order valence-electron chi connectivity index (χ3n) is 3.37. The van der Waals surface area contributed by atoms with Crippen LogP contribution >= 0.6 is 11.6 Å². The number of hydrogen-bond acceptors (Lipinski definition) is 5. The molecule has 0 saturated carbocycles. The fourth-order valence-electron chi connectivity index (χ4n) is 2.17. The number of halogens is 1. The normalized spacial score (nSPS) is 11.4. The Hall–Kier alpha value is -2.79. The zero-order valence-electron chi connectivity index (χ0n) is 13.2. The molecule has 0 fully saturated rings. The molecule has 122 valence electrons. The van der Waals surface area contributed by atoms with Gasteiger partial charge in [-0.3, -0.25) is 0 Å². The van der Waals surface area contributed by atoms with Gasteiger partial charge in [0, 0.05) is 5.56 Å². The van der Waals surface area contributed by atoms with E-state index in [0.29, 0.717) is 22.4 Å². The van der Waals surface area contributed by atoms with Gasteiger partial charge in [-0.15, -0.1) is 0 Å². The van der Waals surface area contributed by atoms with E-state index in [9.17, 15) is 0 Å². The van der Waals surface area contributed by atoms with Gasteiger partial charge < -0.3 is 14.0 Å². The van der Waals surface area contributed by atoms with Crippen LogP contribution in [-0.2, 0) is 0 Å². The van der Waals surface area contributed by atoms with Gasteiger partial charge in [0.2, 0.25) is 5.82 Å². The second kappa shape index (κ2) is 7.19. The van der Waals surface area contributed by atoms with Crippen LogP contribution in [0.25, 0.3) is 22.5 Å². The van der Waals surface area contributed by atoms with Gasteiger partial charge in [-0.05, 0) is 29.8 Å². The lowest BCUT2D eigenvalue weighted by molar-refractivity contribution is 0.355. The maximum Gasteiger partial charge on any atom is 0.269 e. The standard InChI is InChI=1S/C18H15ClN2O3/c1-22-15-9-8-13(11-16(15)23-2)17-20-18(24-21-17)14(19)10-12-6-4-3-5-7-12/h3-11H,1-2H3/b14-10-. The summed E-state index contributed by atoms with van der Waals surface area (Å²) in [4.78, 5) is 4.33. The van der Waals surface area contributed by atoms with Crippen LogP contribution in [0.3, 0.4) is 0 Å². The molecule has 6 heteroatoms. The molecule has 0 spiro atoms. The number of nitrogens with zero attached hydrogens (tertiary/aromatic N) is 2. The summed E-state index contributed by atoms with van der Waals surface area (Å²) < 4.78 is 15.8. The molecule has 0 bridgehead atoms. The quantitative estimate of drug-likeness (QED) is 0.683. The van der Waals surface area contributed by atoms with E-state index in [4.69, 9.17) is 25.6 Å². The van der Waals surface area contributed by atoms with E-state index in [1.807, 2.05) is 36.4 Å². The predicted molar refractivity (Wildman–Crippen MR) is 93.0 cm³/mol. The van der Waals surface area contributed by atoms with Crippen LogP contribution in [-0.4, -0.2) is 24.4 Å². The fraction of sp³-hybridized carbons (Fsp3) is 0.111. The number of rotatable bonds is 5. The molecule has 5 nitrogen and oxygen atoms in total. The lowest BCUT2D eigenvalue weighted by atomic mass is 10.2. The summed E-state index contributed by atoms with van der Waals surface area (Å²) in [6.07, 6.45) is 1.77. The van der Waals surface area contributed by atoms with E-state index < -0.39 is 0 Å². The van der Waals surface area contributed by atoms with Crippen LogP contribution in [0.4, 0.5) is 0 Å². The molecule has 0 aliphatic rings. The van der Waals surface area contributed by atoms with E-state index in [2.05, 4.69) is 10.1 Å². The van der Waals surface area contributed by atoms with Crippen LogP contribution < -0.4 is 9.47 Å². The van der Waals surface area contributed by atoms with Gasteiger partial charge in [0.15, 0.2) is 11.5 Å². The topological polar surface area (TPSA) is 57.4 Å². The van der Waals surface area contributed by atoms with Crippen molar-refractivity contribution in [1.29, 1.82) is 0 Å². The van der Waals surface area contributed by atoms with Gasteiger partial charge in [0.1, 0.15) is 5.03 Å². The smallest absolute Gasteiger partial charge is 0.269 e. The van der Waals surface area contributed by atoms with E-state index in [1.165, 1.54) is 0 Å². The second-order valence-electron chi connectivity index (χ2n) is 4.90. The van der Waals surface area contributed by atoms with Crippen molar-refractivity contribution in [1.82, 2.24) is 10.1 Å². The highest BCUT2D eigenvalue weighted by molar-refractivity contribution is 6.50. The zero-order valence-corrected chi connectivity index (χ0v) is 13.9. The number of methoxy groups -OCH3 is 2. The minimum Gasteiger partial charge on any atom is -0.493 e. The molecule has 1 aromatic heterocycles. The summed E-state index contributed by atoms with van der Waals surface area (Å²) in [5, 5.41) is 4.35. The molecule has 0 amide bonds. The summed E-state index contributed by atoms with van der Waals surface area (Å²) in [7, 11) is 3.15. The summed E-state index contributed by atoms with van der Waals surface area (Å²) >= 11 is 6.27. The summed E-state index contributed by atoms with van der Waals surface area (Å²) in [6.45, 7) is 0. The van der Waals surface area contributed by atoms with Crippen molar-refractivity contribution >= 4 is 22.7 Å². The monoisotopic (exact) mass is 342 g/mol. The Bertz CT molecular complexity index is 860. The number of benzene rings is 2. The van der Waals surface area contributed by atoms with E-state index in [-0.39, 0.29) is 5.89 Å². The lowest BCUT2D eigenvalue weighted by Gasteiger charge is -2.07. The van der Waals surface area contributed by atoms with Crippen LogP contribution in [0.5, 0.6) is 11.5 Å². The lowest BCUT2D eigenvalue weighted by Crippen LogP contribution is -1.91. The first-order valence-corrected chi connectivity index (χ1v) is 7.58. The fourth-order valence-corrected chi connectivity index (χ4v) is 2.37. The molecule has 3 aromatic rings. The Balaban J connectivity index is 1.89. The maximum absolute atomic E-state index is 6.27. The largest absolute Gasteiger partial charge is 0.493 e. The molecule has 0 unspecified atom stereocenters. The first-order valence-electron chi connectivity index (χ1n) is 7.20. The third-order valence-corrected chi connectivity index (χ3v) is 3.64. The van der Waals surface area contributed by atoms with Crippen LogP contribution in [0.15, 0.2) is 53.1 Å². The van der Waals surface area contributed by atoms with Crippen LogP contribution in [0.1, 0.15) is 11.5 Å². The van der Waals surface area contributed by atoms with Gasteiger partial charge >= 0.3 is 0 Å². The Morgan fingerprint density at radius 2 is 1.79 bits per heavy atom. The van der Waals surface area contributed by atoms with Crippen molar-refractivity contribution in [2.45, 2.75) is 0 Å². The molecule has 24 heavy (non-hydrogen) atoms. The van der Waals surface area contributed by atoms with Gasteiger partial charge in [-0.1, -0.05) is 47.1 Å². The van der Waals surface area contributed by atoms with Crippen molar-refractivity contribution in [2.24, 2.45) is 0 Å². The molecule has 0 atom stereocenters. The third kappa shape index (κ3) is 3.41. The van der Waals surface area contributed by atoms with Gasteiger partial charge in [-0.2, -0.15) is 4.98 Å². The second-order valence-corrected chi connectivity index (χ2v) is 5.30. The first kappa shape index (κ1) is 16.1. The molecular weight excluding hydrogens is 328 g/mol. The minimum absolute atomic E-state index is 0.255. The molecule has 3 rings (SSSR count). The molecule has 0 N–H and O–H groups in total. The molecule has 1 heterocycles. The summed E-state index contributed by atoms with van der Waals surface area (Å²) in [5.74, 6) is 1.90. The van der Waals surface area contributed by atoms with E-state index in [1.54, 1.807) is 32.4 Å². The molecule has 0 saturated heterocycles. The van der Waals surface area contributed by atoms with Gasteiger partial charge in [0.25, 0.3) is 5.89 Å². The maximum atomic E-state index is 6.27. The Morgan fingerprint density at radius 1 is 1.04 bits per heavy atom. The van der Waals surface area contributed by atoms with E-state index >= 15 is 0 Å². The Morgan fingerprint density at radius 3 is 2.50 bits per heavy atom. The highest BCUT2D eigenvalue weighted by Gasteiger charge is 2.14. The van der Waals surface area contributed by atoms with Gasteiger partial charge in [0.05, 0.1) is 14.2 Å². The number of hydrogen-bond donors (Lipinski definition) is 0. The number of ether oxygens (including phenoxy) is 2. The molecule has 0 radical (unpaired) electrons. The zero-order chi connectivity index (χ0) is 16.9. The van der Waals surface area contributed by atoms with Crippen LogP contribution in [0, 0.1) is 0 Å². The predicted octanol–water partition coefficient (Wildman–Crippen LogP) is 4.49. The van der Waals surface area contributed by atoms with Crippen LogP contribution in [0.2, 0.25) is 0 Å². The molecule has 0 aliphatic heterocycles. The van der Waals surface area contributed by atoms with Crippen molar-refractivity contribution in [2.75, 3.05) is 14.2 Å². The van der Waals surface area contributed by atoms with Crippen molar-refractivity contribution < 1.29 is 14.0 Å². The highest BCUT2D eigenvalue weighted by atomic mass is 35.5. The Kier molecular flexibility index (Phi) is 4.82. The van der Waals surface area contributed by atoms with Crippen molar-refractivity contribution in [3.63, 3.8) is 0 Å². The summed E-state index contributed by atoms with van der Waals surface area (Å²) in [6, 6.07) is 15.1. The average molecular weight is 343 g/mol. The van der Waals surface area contributed by atoms with Crippen molar-refractivity contribution in [3.8, 4) is 22.9 Å². The van der Waals surface area contributed by atoms with Gasteiger partial charge in [-0.25, -0.2) is 0 Å². The Labute approximate surface area is 144 Å².